The minimum Gasteiger partial charge on any atom is -0.326 e. The molecule has 0 heterocycles. The minimum absolute atomic E-state index is 0.0271. The van der Waals surface area contributed by atoms with Gasteiger partial charge in [-0.25, -0.2) is 5.43 Å². The monoisotopic (exact) mass is 420 g/mol. The number of hydrogen-bond donors (Lipinski definition) is 3. The van der Waals surface area contributed by atoms with Crippen LogP contribution in [-0.2, 0) is 9.59 Å². The second-order valence-corrected chi connectivity index (χ2v) is 6.74. The molecular formula is C19H18Cl2N4O3. The normalized spacial score (nSPS) is 10.9. The molecule has 0 radical (unpaired) electrons. The van der Waals surface area contributed by atoms with Crippen molar-refractivity contribution >= 4 is 58.0 Å². The average molecular weight is 421 g/mol. The Labute approximate surface area is 172 Å². The maximum atomic E-state index is 12.1. The molecule has 2 aromatic carbocycles. The number of rotatable bonds is 6. The standard InChI is InChI=1S/C19H18Cl2N4O3/c1-11(9-18(27)23-17-8-5-14(20)10-16(17)21)24-25-19(28)13-3-6-15(7-4-13)22-12(2)26/h3-8,10H,9H2,1-2H3,(H,22,26)(H,23,27)(H,25,28)/b24-11+. The number of amides is 3. The van der Waals surface area contributed by atoms with Gasteiger partial charge in [0.1, 0.15) is 0 Å². The van der Waals surface area contributed by atoms with Gasteiger partial charge < -0.3 is 10.6 Å². The summed E-state index contributed by atoms with van der Waals surface area (Å²) in [5, 5.41) is 9.98. The maximum Gasteiger partial charge on any atom is 0.271 e. The molecule has 0 fully saturated rings. The van der Waals surface area contributed by atoms with Crippen LogP contribution in [0.1, 0.15) is 30.6 Å². The zero-order chi connectivity index (χ0) is 20.7. The Balaban J connectivity index is 1.89. The lowest BCUT2D eigenvalue weighted by Gasteiger charge is -2.08. The molecule has 0 saturated carbocycles. The van der Waals surface area contributed by atoms with Crippen LogP contribution >= 0.6 is 23.2 Å². The van der Waals surface area contributed by atoms with Gasteiger partial charge in [0, 0.05) is 28.9 Å². The second-order valence-electron chi connectivity index (χ2n) is 5.90. The van der Waals surface area contributed by atoms with E-state index in [9.17, 15) is 14.4 Å². The van der Waals surface area contributed by atoms with Gasteiger partial charge in [-0.3, -0.25) is 14.4 Å². The summed E-state index contributed by atoms with van der Waals surface area (Å²) < 4.78 is 0. The summed E-state index contributed by atoms with van der Waals surface area (Å²) in [5.41, 5.74) is 4.18. The molecule has 3 amide bonds. The number of hydrazone groups is 1. The van der Waals surface area contributed by atoms with E-state index in [-0.39, 0.29) is 18.2 Å². The van der Waals surface area contributed by atoms with Crippen LogP contribution in [0.4, 0.5) is 11.4 Å². The maximum absolute atomic E-state index is 12.1. The van der Waals surface area contributed by atoms with E-state index >= 15 is 0 Å². The van der Waals surface area contributed by atoms with Crippen molar-refractivity contribution in [3.05, 3.63) is 58.1 Å². The number of hydrogen-bond acceptors (Lipinski definition) is 4. The molecule has 0 aliphatic heterocycles. The van der Waals surface area contributed by atoms with E-state index in [0.29, 0.717) is 32.7 Å². The zero-order valence-electron chi connectivity index (χ0n) is 15.2. The first-order valence-electron chi connectivity index (χ1n) is 8.20. The third-order valence-electron chi connectivity index (χ3n) is 3.44. The van der Waals surface area contributed by atoms with Crippen LogP contribution in [0.3, 0.4) is 0 Å². The Morgan fingerprint density at radius 3 is 2.25 bits per heavy atom. The molecule has 2 rings (SSSR count). The highest BCUT2D eigenvalue weighted by molar-refractivity contribution is 6.36. The molecule has 7 nitrogen and oxygen atoms in total. The van der Waals surface area contributed by atoms with Gasteiger partial charge in [-0.05, 0) is 49.4 Å². The largest absolute Gasteiger partial charge is 0.326 e. The van der Waals surface area contributed by atoms with E-state index in [1.165, 1.54) is 13.0 Å². The Kier molecular flexibility index (Phi) is 7.54. The Bertz CT molecular complexity index is 927. The number of benzene rings is 2. The first-order valence-corrected chi connectivity index (χ1v) is 8.96. The molecule has 0 atom stereocenters. The number of anilines is 2. The second kappa shape index (κ2) is 9.87. The van der Waals surface area contributed by atoms with E-state index in [1.807, 2.05) is 0 Å². The molecule has 0 saturated heterocycles. The number of nitrogens with one attached hydrogen (secondary N) is 3. The summed E-state index contributed by atoms with van der Waals surface area (Å²) in [5.74, 6) is -0.968. The van der Waals surface area contributed by atoms with Gasteiger partial charge in [0.05, 0.1) is 17.1 Å². The molecule has 28 heavy (non-hydrogen) atoms. The summed E-state index contributed by atoms with van der Waals surface area (Å²) >= 11 is 11.8. The Morgan fingerprint density at radius 2 is 1.64 bits per heavy atom. The van der Waals surface area contributed by atoms with Gasteiger partial charge in [0.15, 0.2) is 0 Å². The summed E-state index contributed by atoms with van der Waals surface area (Å²) in [6.45, 7) is 3.01. The molecule has 0 aromatic heterocycles. The van der Waals surface area contributed by atoms with Gasteiger partial charge in [-0.15, -0.1) is 0 Å². The van der Waals surface area contributed by atoms with Crippen LogP contribution in [0.5, 0.6) is 0 Å². The average Bonchev–Trinajstić information content (AvgIpc) is 2.62. The smallest absolute Gasteiger partial charge is 0.271 e. The molecule has 0 bridgehead atoms. The number of carbonyl (C=O) groups excluding carboxylic acids is 3. The third kappa shape index (κ3) is 6.68. The number of halogens is 2. The molecule has 2 aromatic rings. The Hall–Kier alpha value is -2.90. The zero-order valence-corrected chi connectivity index (χ0v) is 16.7. The SMILES string of the molecule is CC(=O)Nc1ccc(C(=O)N/N=C(\C)CC(=O)Nc2ccc(Cl)cc2Cl)cc1. The van der Waals surface area contributed by atoms with Crippen LogP contribution in [0.25, 0.3) is 0 Å². The van der Waals surface area contributed by atoms with Gasteiger partial charge in [-0.2, -0.15) is 5.10 Å². The highest BCUT2D eigenvalue weighted by Crippen LogP contribution is 2.25. The van der Waals surface area contributed by atoms with Crippen LogP contribution < -0.4 is 16.1 Å². The van der Waals surface area contributed by atoms with Crippen molar-refractivity contribution in [2.75, 3.05) is 10.6 Å². The molecule has 0 spiro atoms. The summed E-state index contributed by atoms with van der Waals surface area (Å²) in [7, 11) is 0. The van der Waals surface area contributed by atoms with Crippen molar-refractivity contribution in [3.63, 3.8) is 0 Å². The topological polar surface area (TPSA) is 99.7 Å². The summed E-state index contributed by atoms with van der Waals surface area (Å²) in [4.78, 5) is 35.2. The van der Waals surface area contributed by atoms with Crippen molar-refractivity contribution in [2.24, 2.45) is 5.10 Å². The summed E-state index contributed by atoms with van der Waals surface area (Å²) in [6, 6.07) is 11.1. The van der Waals surface area contributed by atoms with Gasteiger partial charge in [-0.1, -0.05) is 23.2 Å². The molecule has 0 unspecified atom stereocenters. The lowest BCUT2D eigenvalue weighted by molar-refractivity contribution is -0.115. The first-order chi connectivity index (χ1) is 13.2. The van der Waals surface area contributed by atoms with Crippen LogP contribution in [0, 0.1) is 0 Å². The van der Waals surface area contributed by atoms with E-state index < -0.39 is 5.91 Å². The van der Waals surface area contributed by atoms with Crippen molar-refractivity contribution in [1.82, 2.24) is 5.43 Å². The fraction of sp³-hybridized carbons (Fsp3) is 0.158. The minimum atomic E-state index is -0.435. The number of carbonyl (C=O) groups is 3. The lowest BCUT2D eigenvalue weighted by atomic mass is 10.2. The predicted octanol–water partition coefficient (Wildman–Crippen LogP) is 4.09. The summed E-state index contributed by atoms with van der Waals surface area (Å²) in [6.07, 6.45) is -0.0271. The van der Waals surface area contributed by atoms with E-state index in [4.69, 9.17) is 23.2 Å². The molecule has 3 N–H and O–H groups in total. The fourth-order valence-corrected chi connectivity index (χ4v) is 2.63. The molecular weight excluding hydrogens is 403 g/mol. The Morgan fingerprint density at radius 1 is 0.964 bits per heavy atom. The van der Waals surface area contributed by atoms with Crippen LogP contribution in [0.2, 0.25) is 10.0 Å². The first kappa shape index (κ1) is 21.4. The molecule has 0 aliphatic carbocycles. The van der Waals surface area contributed by atoms with Gasteiger partial charge in [0.2, 0.25) is 11.8 Å². The van der Waals surface area contributed by atoms with Gasteiger partial charge >= 0.3 is 0 Å². The van der Waals surface area contributed by atoms with Crippen LogP contribution in [0.15, 0.2) is 47.6 Å². The highest BCUT2D eigenvalue weighted by Gasteiger charge is 2.09. The van der Waals surface area contributed by atoms with Crippen molar-refractivity contribution in [1.29, 1.82) is 0 Å². The predicted molar refractivity (Wildman–Crippen MR) is 111 cm³/mol. The fourth-order valence-electron chi connectivity index (χ4n) is 2.18. The van der Waals surface area contributed by atoms with Gasteiger partial charge in [0.25, 0.3) is 5.91 Å². The third-order valence-corrected chi connectivity index (χ3v) is 3.99. The quantitative estimate of drug-likeness (QED) is 0.484. The molecule has 9 heteroatoms. The number of nitrogens with zero attached hydrogens (tertiary/aromatic N) is 1. The van der Waals surface area contributed by atoms with Crippen LogP contribution in [-0.4, -0.2) is 23.4 Å². The van der Waals surface area contributed by atoms with E-state index in [1.54, 1.807) is 43.3 Å². The lowest BCUT2D eigenvalue weighted by Crippen LogP contribution is -2.21. The molecule has 146 valence electrons. The van der Waals surface area contributed by atoms with Crippen molar-refractivity contribution in [2.45, 2.75) is 20.3 Å². The van der Waals surface area contributed by atoms with E-state index in [0.717, 1.165) is 0 Å². The van der Waals surface area contributed by atoms with E-state index in [2.05, 4.69) is 21.2 Å². The molecule has 0 aliphatic rings. The highest BCUT2D eigenvalue weighted by atomic mass is 35.5. The van der Waals surface area contributed by atoms with Crippen molar-refractivity contribution < 1.29 is 14.4 Å². The van der Waals surface area contributed by atoms with Crippen molar-refractivity contribution in [3.8, 4) is 0 Å².